The van der Waals surface area contributed by atoms with Gasteiger partial charge in [0.25, 0.3) is 5.91 Å². The second-order valence-corrected chi connectivity index (χ2v) is 7.51. The first kappa shape index (κ1) is 16.3. The van der Waals surface area contributed by atoms with Crippen LogP contribution in [0.3, 0.4) is 0 Å². The normalized spacial score (nSPS) is 28.1. The molecular formula is C20H15ClN2O4. The van der Waals surface area contributed by atoms with Gasteiger partial charge in [0.1, 0.15) is 0 Å². The quantitative estimate of drug-likeness (QED) is 0.651. The van der Waals surface area contributed by atoms with Crippen LogP contribution in [0.2, 0.25) is 5.02 Å². The Balaban J connectivity index is 1.40. The minimum absolute atomic E-state index is 0.156. The number of hydrogen-bond acceptors (Lipinski definition) is 4. The SMILES string of the molecule is O=C(Nc1ccc(N2C(=O)[C@@H]3[C@H](C2=O)[C@H]2C=C[C@@H]3C2)cc1Cl)c1ccco1. The molecule has 1 saturated carbocycles. The monoisotopic (exact) mass is 382 g/mol. The smallest absolute Gasteiger partial charge is 0.291 e. The maximum absolute atomic E-state index is 12.9. The van der Waals surface area contributed by atoms with Gasteiger partial charge in [0.2, 0.25) is 11.8 Å². The van der Waals surface area contributed by atoms with Gasteiger partial charge in [0.15, 0.2) is 5.76 Å². The summed E-state index contributed by atoms with van der Waals surface area (Å²) in [5, 5.41) is 2.90. The van der Waals surface area contributed by atoms with Crippen molar-refractivity contribution >= 4 is 40.7 Å². The maximum atomic E-state index is 12.9. The van der Waals surface area contributed by atoms with Crippen molar-refractivity contribution in [2.75, 3.05) is 10.2 Å². The summed E-state index contributed by atoms with van der Waals surface area (Å²) in [6.07, 6.45) is 6.41. The van der Waals surface area contributed by atoms with Crippen LogP contribution in [0, 0.1) is 23.7 Å². The molecule has 2 heterocycles. The van der Waals surface area contributed by atoms with E-state index in [9.17, 15) is 14.4 Å². The van der Waals surface area contributed by atoms with Gasteiger partial charge in [-0.15, -0.1) is 0 Å². The third-order valence-electron chi connectivity index (χ3n) is 5.67. The Labute approximate surface area is 159 Å². The summed E-state index contributed by atoms with van der Waals surface area (Å²) in [6.45, 7) is 0. The lowest BCUT2D eigenvalue weighted by Crippen LogP contribution is -2.32. The standard InChI is InChI=1S/C20H15ClN2O4/c21-13-9-12(5-6-14(13)22-18(24)15-2-1-7-27-15)23-19(25)16-10-3-4-11(8-10)17(16)20(23)26/h1-7,9-11,16-17H,8H2,(H,22,24)/t10-,11+,16+,17-. The zero-order chi connectivity index (χ0) is 18.7. The number of benzene rings is 1. The van der Waals surface area contributed by atoms with Gasteiger partial charge in [0.05, 0.1) is 34.5 Å². The van der Waals surface area contributed by atoms with E-state index >= 15 is 0 Å². The van der Waals surface area contributed by atoms with Crippen LogP contribution in [0.25, 0.3) is 0 Å². The summed E-state index contributed by atoms with van der Waals surface area (Å²) in [5.74, 6) is -0.798. The number of allylic oxidation sites excluding steroid dienone is 2. The first-order valence-corrected chi connectivity index (χ1v) is 9.13. The van der Waals surface area contributed by atoms with E-state index in [2.05, 4.69) is 17.5 Å². The molecule has 3 aliphatic rings. The minimum atomic E-state index is -0.430. The third-order valence-corrected chi connectivity index (χ3v) is 5.99. The zero-order valence-electron chi connectivity index (χ0n) is 14.1. The number of furan rings is 1. The van der Waals surface area contributed by atoms with Crippen LogP contribution >= 0.6 is 11.6 Å². The predicted molar refractivity (Wildman–Crippen MR) is 98.3 cm³/mol. The Morgan fingerprint density at radius 2 is 1.81 bits per heavy atom. The van der Waals surface area contributed by atoms with E-state index < -0.39 is 5.91 Å². The average Bonchev–Trinajstić information content (AvgIpc) is 3.42. The molecule has 1 aromatic carbocycles. The van der Waals surface area contributed by atoms with Crippen molar-refractivity contribution in [3.63, 3.8) is 0 Å². The highest BCUT2D eigenvalue weighted by Crippen LogP contribution is 2.53. The van der Waals surface area contributed by atoms with Crippen LogP contribution in [0.15, 0.2) is 53.2 Å². The summed E-state index contributed by atoms with van der Waals surface area (Å²) in [6, 6.07) is 7.89. The van der Waals surface area contributed by atoms with Gasteiger partial charge >= 0.3 is 0 Å². The van der Waals surface area contributed by atoms with Crippen molar-refractivity contribution in [2.45, 2.75) is 6.42 Å². The Kier molecular flexibility index (Phi) is 3.52. The van der Waals surface area contributed by atoms with Crippen LogP contribution in [0.5, 0.6) is 0 Å². The van der Waals surface area contributed by atoms with Crippen molar-refractivity contribution < 1.29 is 18.8 Å². The van der Waals surface area contributed by atoms with Crippen LogP contribution in [0.4, 0.5) is 11.4 Å². The second kappa shape index (κ2) is 5.82. The number of carbonyl (C=O) groups excluding carboxylic acids is 3. The number of rotatable bonds is 3. The molecule has 2 bridgehead atoms. The number of carbonyl (C=O) groups is 3. The molecule has 27 heavy (non-hydrogen) atoms. The molecule has 1 N–H and O–H groups in total. The van der Waals surface area contributed by atoms with E-state index in [-0.39, 0.29) is 46.3 Å². The zero-order valence-corrected chi connectivity index (χ0v) is 14.8. The summed E-state index contributed by atoms with van der Waals surface area (Å²) in [4.78, 5) is 39.1. The summed E-state index contributed by atoms with van der Waals surface area (Å²) in [7, 11) is 0. The second-order valence-electron chi connectivity index (χ2n) is 7.11. The first-order chi connectivity index (χ1) is 13.0. The van der Waals surface area contributed by atoms with E-state index in [0.717, 1.165) is 6.42 Å². The molecule has 1 aromatic heterocycles. The minimum Gasteiger partial charge on any atom is -0.459 e. The Morgan fingerprint density at radius 1 is 1.11 bits per heavy atom. The average molecular weight is 383 g/mol. The van der Waals surface area contributed by atoms with E-state index in [1.807, 2.05) is 0 Å². The number of halogens is 1. The number of anilines is 2. The van der Waals surface area contributed by atoms with Gasteiger partial charge in [-0.25, -0.2) is 4.90 Å². The van der Waals surface area contributed by atoms with Gasteiger partial charge in [-0.05, 0) is 48.6 Å². The fraction of sp³-hybridized carbons (Fsp3) is 0.250. The summed E-state index contributed by atoms with van der Waals surface area (Å²) < 4.78 is 5.05. The van der Waals surface area contributed by atoms with E-state index in [1.54, 1.807) is 24.3 Å². The van der Waals surface area contributed by atoms with E-state index in [4.69, 9.17) is 16.0 Å². The number of nitrogens with zero attached hydrogens (tertiary/aromatic N) is 1. The highest BCUT2D eigenvalue weighted by atomic mass is 35.5. The Bertz CT molecular complexity index is 967. The molecule has 1 saturated heterocycles. The molecule has 6 nitrogen and oxygen atoms in total. The number of imide groups is 1. The van der Waals surface area contributed by atoms with Gasteiger partial charge in [0, 0.05) is 0 Å². The van der Waals surface area contributed by atoms with Crippen LogP contribution < -0.4 is 10.2 Å². The fourth-order valence-corrected chi connectivity index (χ4v) is 4.71. The highest BCUT2D eigenvalue weighted by molar-refractivity contribution is 6.34. The fourth-order valence-electron chi connectivity index (χ4n) is 4.49. The Hall–Kier alpha value is -2.86. The van der Waals surface area contributed by atoms with Gasteiger partial charge < -0.3 is 9.73 Å². The predicted octanol–water partition coefficient (Wildman–Crippen LogP) is 3.50. The molecule has 1 aliphatic heterocycles. The lowest BCUT2D eigenvalue weighted by Gasteiger charge is -2.18. The number of fused-ring (bicyclic) bond motifs is 5. The lowest BCUT2D eigenvalue weighted by atomic mass is 9.85. The molecule has 2 fully saturated rings. The number of nitrogens with one attached hydrogen (secondary N) is 1. The van der Waals surface area contributed by atoms with Crippen LogP contribution in [-0.4, -0.2) is 17.7 Å². The first-order valence-electron chi connectivity index (χ1n) is 8.75. The van der Waals surface area contributed by atoms with E-state index in [0.29, 0.717) is 11.4 Å². The summed E-state index contributed by atoms with van der Waals surface area (Å²) in [5.41, 5.74) is 0.808. The largest absolute Gasteiger partial charge is 0.459 e. The number of amides is 3. The Morgan fingerprint density at radius 3 is 2.41 bits per heavy atom. The third kappa shape index (κ3) is 2.36. The molecule has 136 valence electrons. The molecule has 5 rings (SSSR count). The van der Waals surface area contributed by atoms with Crippen molar-refractivity contribution in [2.24, 2.45) is 23.7 Å². The van der Waals surface area contributed by atoms with E-state index in [1.165, 1.54) is 17.2 Å². The van der Waals surface area contributed by atoms with Crippen molar-refractivity contribution in [3.05, 3.63) is 59.5 Å². The van der Waals surface area contributed by atoms with Gasteiger partial charge in [-0.1, -0.05) is 23.8 Å². The molecule has 4 atom stereocenters. The molecule has 0 spiro atoms. The van der Waals surface area contributed by atoms with Crippen molar-refractivity contribution in [1.29, 1.82) is 0 Å². The molecule has 2 aromatic rings. The van der Waals surface area contributed by atoms with Gasteiger partial charge in [-0.3, -0.25) is 14.4 Å². The maximum Gasteiger partial charge on any atom is 0.291 e. The van der Waals surface area contributed by atoms with Crippen LogP contribution in [-0.2, 0) is 9.59 Å². The topological polar surface area (TPSA) is 79.6 Å². The molecule has 0 radical (unpaired) electrons. The van der Waals surface area contributed by atoms with Gasteiger partial charge in [-0.2, -0.15) is 0 Å². The lowest BCUT2D eigenvalue weighted by molar-refractivity contribution is -0.123. The number of hydrogen-bond donors (Lipinski definition) is 1. The van der Waals surface area contributed by atoms with Crippen LogP contribution in [0.1, 0.15) is 17.0 Å². The molecule has 3 amide bonds. The molecule has 7 heteroatoms. The molecular weight excluding hydrogens is 368 g/mol. The molecule has 0 unspecified atom stereocenters. The van der Waals surface area contributed by atoms with Crippen molar-refractivity contribution in [1.82, 2.24) is 0 Å². The summed E-state index contributed by atoms with van der Waals surface area (Å²) >= 11 is 6.29. The van der Waals surface area contributed by atoms with Crippen molar-refractivity contribution in [3.8, 4) is 0 Å². The highest BCUT2D eigenvalue weighted by Gasteiger charge is 2.59. The molecule has 2 aliphatic carbocycles.